The van der Waals surface area contributed by atoms with Crippen LogP contribution in [-0.4, -0.2) is 22.4 Å². The van der Waals surface area contributed by atoms with Gasteiger partial charge in [0.05, 0.1) is 0 Å². The van der Waals surface area contributed by atoms with Crippen molar-refractivity contribution in [3.05, 3.63) is 77.1 Å². The highest BCUT2D eigenvalue weighted by Crippen LogP contribution is 2.28. The van der Waals surface area contributed by atoms with Crippen LogP contribution in [-0.2, 0) is 20.1 Å². The lowest BCUT2D eigenvalue weighted by Crippen LogP contribution is -2.26. The lowest BCUT2D eigenvalue weighted by molar-refractivity contribution is 0.0742. The molecule has 0 unspecified atom stereocenters. The predicted octanol–water partition coefficient (Wildman–Crippen LogP) is 4.20. The molecule has 1 N–H and O–H groups in total. The van der Waals surface area contributed by atoms with Gasteiger partial charge in [-0.05, 0) is 41.8 Å². The van der Waals surface area contributed by atoms with Gasteiger partial charge in [-0.3, -0.25) is 4.79 Å². The Kier molecular flexibility index (Phi) is 4.03. The van der Waals surface area contributed by atoms with E-state index in [-0.39, 0.29) is 5.91 Å². The Morgan fingerprint density at radius 1 is 0.962 bits per heavy atom. The number of aryl methyl sites for hydroxylation is 2. The number of fused-ring (bicyclic) bond motifs is 1. The second kappa shape index (κ2) is 6.37. The minimum atomic E-state index is 0.0828. The molecule has 2 aromatic carbocycles. The van der Waals surface area contributed by atoms with Crippen LogP contribution in [0.3, 0.4) is 0 Å². The molecule has 1 aliphatic heterocycles. The van der Waals surface area contributed by atoms with Gasteiger partial charge in [-0.25, -0.2) is 0 Å². The predicted molar refractivity (Wildman–Crippen MR) is 105 cm³/mol. The molecule has 0 fully saturated rings. The smallest absolute Gasteiger partial charge is 0.271 e. The van der Waals surface area contributed by atoms with Crippen LogP contribution >= 0.6 is 0 Å². The van der Waals surface area contributed by atoms with Crippen molar-refractivity contribution in [1.29, 1.82) is 0 Å². The minimum absolute atomic E-state index is 0.0828. The summed E-state index contributed by atoms with van der Waals surface area (Å²) in [6.45, 7) is 3.46. The van der Waals surface area contributed by atoms with Gasteiger partial charge in [0.1, 0.15) is 5.69 Å². The SMILES string of the molecule is CNc1ccc(-c2cc(C(=O)N3Cc4ccc(C)cc4C3)n(C)c2)cc1. The third kappa shape index (κ3) is 2.88. The number of hydrogen-bond acceptors (Lipinski definition) is 2. The van der Waals surface area contributed by atoms with Gasteiger partial charge in [0.2, 0.25) is 0 Å². The zero-order valence-electron chi connectivity index (χ0n) is 15.4. The fourth-order valence-corrected chi connectivity index (χ4v) is 3.59. The molecule has 2 heterocycles. The number of carbonyl (C=O) groups excluding carboxylic acids is 1. The number of amides is 1. The molecule has 4 rings (SSSR count). The van der Waals surface area contributed by atoms with Crippen LogP contribution in [0, 0.1) is 6.92 Å². The van der Waals surface area contributed by atoms with E-state index in [2.05, 4.69) is 42.6 Å². The van der Waals surface area contributed by atoms with Crippen LogP contribution in [0.2, 0.25) is 0 Å². The van der Waals surface area contributed by atoms with Crippen molar-refractivity contribution in [2.24, 2.45) is 7.05 Å². The zero-order valence-corrected chi connectivity index (χ0v) is 15.4. The number of carbonyl (C=O) groups is 1. The fourth-order valence-electron chi connectivity index (χ4n) is 3.59. The Bertz CT molecular complexity index is 970. The Morgan fingerprint density at radius 2 is 1.69 bits per heavy atom. The first kappa shape index (κ1) is 16.5. The molecule has 0 saturated heterocycles. The summed E-state index contributed by atoms with van der Waals surface area (Å²) in [4.78, 5) is 15.0. The molecule has 4 nitrogen and oxygen atoms in total. The van der Waals surface area contributed by atoms with Crippen molar-refractivity contribution in [2.45, 2.75) is 20.0 Å². The van der Waals surface area contributed by atoms with E-state index in [1.807, 2.05) is 48.0 Å². The second-order valence-electron chi connectivity index (χ2n) is 6.99. The lowest BCUT2D eigenvalue weighted by Gasteiger charge is -2.15. The Balaban J connectivity index is 1.58. The zero-order chi connectivity index (χ0) is 18.3. The van der Waals surface area contributed by atoms with Gasteiger partial charge in [-0.2, -0.15) is 0 Å². The van der Waals surface area contributed by atoms with E-state index in [1.54, 1.807) is 0 Å². The maximum absolute atomic E-state index is 13.1. The molecule has 3 aromatic rings. The summed E-state index contributed by atoms with van der Waals surface area (Å²) in [6, 6.07) is 16.7. The first-order valence-corrected chi connectivity index (χ1v) is 8.87. The van der Waals surface area contributed by atoms with Crippen LogP contribution in [0.25, 0.3) is 11.1 Å². The van der Waals surface area contributed by atoms with E-state index < -0.39 is 0 Å². The third-order valence-corrected chi connectivity index (χ3v) is 5.10. The molecule has 0 saturated carbocycles. The van der Waals surface area contributed by atoms with Crippen molar-refractivity contribution < 1.29 is 4.79 Å². The molecule has 1 aromatic heterocycles. The van der Waals surface area contributed by atoms with Gasteiger partial charge in [-0.1, -0.05) is 35.9 Å². The summed E-state index contributed by atoms with van der Waals surface area (Å²) < 4.78 is 1.93. The van der Waals surface area contributed by atoms with E-state index in [4.69, 9.17) is 0 Å². The van der Waals surface area contributed by atoms with Crippen molar-refractivity contribution in [3.8, 4) is 11.1 Å². The molecule has 0 radical (unpaired) electrons. The number of nitrogens with zero attached hydrogens (tertiary/aromatic N) is 2. The molecule has 1 aliphatic rings. The molecule has 132 valence electrons. The van der Waals surface area contributed by atoms with Crippen LogP contribution in [0.15, 0.2) is 54.7 Å². The Labute approximate surface area is 154 Å². The average Bonchev–Trinajstić information content (AvgIpc) is 3.24. The number of rotatable bonds is 3. The van der Waals surface area contributed by atoms with Gasteiger partial charge < -0.3 is 14.8 Å². The highest BCUT2D eigenvalue weighted by Gasteiger charge is 2.26. The van der Waals surface area contributed by atoms with Crippen molar-refractivity contribution in [2.75, 3.05) is 12.4 Å². The molecule has 0 spiro atoms. The summed E-state index contributed by atoms with van der Waals surface area (Å²) in [5, 5.41) is 3.12. The highest BCUT2D eigenvalue weighted by molar-refractivity contribution is 5.94. The Morgan fingerprint density at radius 3 is 2.42 bits per heavy atom. The first-order chi connectivity index (χ1) is 12.5. The van der Waals surface area contributed by atoms with Gasteiger partial charge in [0, 0.05) is 44.6 Å². The number of nitrogens with one attached hydrogen (secondary N) is 1. The highest BCUT2D eigenvalue weighted by atomic mass is 16.2. The number of aromatic nitrogens is 1. The van der Waals surface area contributed by atoms with Crippen LogP contribution in [0.5, 0.6) is 0 Å². The van der Waals surface area contributed by atoms with Gasteiger partial charge >= 0.3 is 0 Å². The molecule has 1 amide bonds. The maximum Gasteiger partial charge on any atom is 0.271 e. The Hall–Kier alpha value is -3.01. The first-order valence-electron chi connectivity index (χ1n) is 8.87. The molecule has 4 heteroatoms. The normalized spacial score (nSPS) is 13.0. The topological polar surface area (TPSA) is 37.3 Å². The van der Waals surface area contributed by atoms with E-state index in [9.17, 15) is 4.79 Å². The summed E-state index contributed by atoms with van der Waals surface area (Å²) in [7, 11) is 3.84. The number of benzene rings is 2. The van der Waals surface area contributed by atoms with Crippen molar-refractivity contribution in [3.63, 3.8) is 0 Å². The van der Waals surface area contributed by atoms with E-state index in [0.717, 1.165) is 22.5 Å². The minimum Gasteiger partial charge on any atom is -0.388 e. The van der Waals surface area contributed by atoms with Gasteiger partial charge in [0.15, 0.2) is 0 Å². The van der Waals surface area contributed by atoms with Crippen LogP contribution in [0.4, 0.5) is 5.69 Å². The standard InChI is InChI=1S/C22H23N3O/c1-15-4-5-17-13-25(14-18(17)10-15)22(26)21-11-19(12-24(21)3)16-6-8-20(23-2)9-7-16/h4-12,23H,13-14H2,1-3H3. The second-order valence-corrected chi connectivity index (χ2v) is 6.99. The van der Waals surface area contributed by atoms with Crippen molar-refractivity contribution in [1.82, 2.24) is 9.47 Å². The molecular weight excluding hydrogens is 322 g/mol. The summed E-state index contributed by atoms with van der Waals surface area (Å²) in [5.74, 6) is 0.0828. The molecular formula is C22H23N3O. The van der Waals surface area contributed by atoms with Gasteiger partial charge in [0.25, 0.3) is 5.91 Å². The van der Waals surface area contributed by atoms with E-state index in [1.165, 1.54) is 16.7 Å². The molecule has 0 aliphatic carbocycles. The van der Waals surface area contributed by atoms with E-state index >= 15 is 0 Å². The monoisotopic (exact) mass is 345 g/mol. The quantitative estimate of drug-likeness (QED) is 0.772. The molecule has 0 atom stereocenters. The average molecular weight is 345 g/mol. The number of hydrogen-bond donors (Lipinski definition) is 1. The molecule has 26 heavy (non-hydrogen) atoms. The van der Waals surface area contributed by atoms with Crippen LogP contribution < -0.4 is 5.32 Å². The molecule has 0 bridgehead atoms. The summed E-state index contributed by atoms with van der Waals surface area (Å²) >= 11 is 0. The fraction of sp³-hybridized carbons (Fsp3) is 0.227. The van der Waals surface area contributed by atoms with E-state index in [0.29, 0.717) is 13.1 Å². The summed E-state index contributed by atoms with van der Waals surface area (Å²) in [6.07, 6.45) is 2.02. The lowest BCUT2D eigenvalue weighted by atomic mass is 10.1. The number of anilines is 1. The maximum atomic E-state index is 13.1. The van der Waals surface area contributed by atoms with Crippen LogP contribution in [0.1, 0.15) is 27.2 Å². The summed E-state index contributed by atoms with van der Waals surface area (Å²) in [5.41, 5.74) is 7.72. The largest absolute Gasteiger partial charge is 0.388 e. The van der Waals surface area contributed by atoms with Crippen molar-refractivity contribution >= 4 is 11.6 Å². The van der Waals surface area contributed by atoms with Gasteiger partial charge in [-0.15, -0.1) is 0 Å². The third-order valence-electron chi connectivity index (χ3n) is 5.10.